The van der Waals surface area contributed by atoms with E-state index < -0.39 is 17.4 Å². The van der Waals surface area contributed by atoms with Crippen molar-refractivity contribution < 1.29 is 18.6 Å². The Morgan fingerprint density at radius 2 is 1.62 bits per heavy atom. The normalized spacial score (nSPS) is 21.9. The van der Waals surface area contributed by atoms with Crippen molar-refractivity contribution in [1.82, 2.24) is 0 Å². The van der Waals surface area contributed by atoms with E-state index in [9.17, 15) is 13.9 Å². The molecule has 0 fully saturated rings. The highest BCUT2D eigenvalue weighted by Crippen LogP contribution is 2.42. The molecule has 2 aromatic carbocycles. The lowest BCUT2D eigenvalue weighted by Gasteiger charge is -2.21. The molecule has 1 aliphatic rings. The Hall–Kier alpha value is -2.04. The van der Waals surface area contributed by atoms with Gasteiger partial charge in [0, 0.05) is 11.1 Å². The number of benzene rings is 2. The van der Waals surface area contributed by atoms with Crippen molar-refractivity contribution in [3.05, 3.63) is 71.3 Å². The van der Waals surface area contributed by atoms with Gasteiger partial charge in [-0.2, -0.15) is 0 Å². The molecule has 2 nitrogen and oxygen atoms in total. The molecule has 1 aliphatic heterocycles. The molecule has 0 aliphatic carbocycles. The van der Waals surface area contributed by atoms with Crippen LogP contribution in [0.25, 0.3) is 11.1 Å². The average Bonchev–Trinajstić information content (AvgIpc) is 2.75. The lowest BCUT2D eigenvalue weighted by Crippen LogP contribution is -2.25. The van der Waals surface area contributed by atoms with Crippen LogP contribution >= 0.6 is 0 Å². The zero-order valence-corrected chi connectivity index (χ0v) is 11.4. The fourth-order valence-electron chi connectivity index (χ4n) is 2.67. The Morgan fingerprint density at radius 1 is 1.00 bits per heavy atom. The summed E-state index contributed by atoms with van der Waals surface area (Å²) in [5.74, 6) is -2.91. The van der Waals surface area contributed by atoms with Crippen LogP contribution in [0.15, 0.2) is 48.5 Å². The van der Waals surface area contributed by atoms with Gasteiger partial charge in [0.1, 0.15) is 11.6 Å². The van der Waals surface area contributed by atoms with E-state index in [2.05, 4.69) is 0 Å². The molecule has 0 saturated carbocycles. The molecule has 1 atom stereocenters. The molecule has 1 unspecified atom stereocenters. The molecule has 4 heteroatoms. The van der Waals surface area contributed by atoms with E-state index in [4.69, 9.17) is 4.74 Å². The van der Waals surface area contributed by atoms with E-state index in [1.165, 1.54) is 25.1 Å². The summed E-state index contributed by atoms with van der Waals surface area (Å²) in [5, 5.41) is 10.4. The predicted molar refractivity (Wildman–Crippen MR) is 76.2 cm³/mol. The molecule has 1 N–H and O–H groups in total. The number of hydrogen-bond donors (Lipinski definition) is 1. The molecule has 21 heavy (non-hydrogen) atoms. The van der Waals surface area contributed by atoms with Crippen LogP contribution in [-0.2, 0) is 4.74 Å². The van der Waals surface area contributed by atoms with Gasteiger partial charge < -0.3 is 9.84 Å². The number of rotatable bonds is 2. The first-order valence-corrected chi connectivity index (χ1v) is 6.60. The van der Waals surface area contributed by atoms with Gasteiger partial charge in [0.05, 0.1) is 12.2 Å². The third-order valence-electron chi connectivity index (χ3n) is 3.59. The van der Waals surface area contributed by atoms with Gasteiger partial charge in [-0.1, -0.05) is 36.4 Å². The molecule has 0 saturated heterocycles. The molecule has 0 spiro atoms. The lowest BCUT2D eigenvalue weighted by atomic mass is 9.91. The lowest BCUT2D eigenvalue weighted by molar-refractivity contribution is -0.123. The van der Waals surface area contributed by atoms with Crippen LogP contribution in [0, 0.1) is 11.6 Å². The minimum absolute atomic E-state index is 0.0465. The van der Waals surface area contributed by atoms with Crippen LogP contribution in [0.4, 0.5) is 8.78 Å². The number of halogens is 2. The van der Waals surface area contributed by atoms with Gasteiger partial charge in [-0.15, -0.1) is 0 Å². The van der Waals surface area contributed by atoms with Crippen molar-refractivity contribution in [3.63, 3.8) is 0 Å². The van der Waals surface area contributed by atoms with E-state index in [1.54, 1.807) is 24.3 Å². The highest BCUT2D eigenvalue weighted by atomic mass is 19.1. The third-order valence-corrected chi connectivity index (χ3v) is 3.59. The molecule has 1 heterocycles. The summed E-state index contributed by atoms with van der Waals surface area (Å²) >= 11 is 0. The average molecular weight is 288 g/mol. The van der Waals surface area contributed by atoms with E-state index in [1.807, 2.05) is 6.07 Å². The Balaban J connectivity index is 2.27. The maximum atomic E-state index is 14.0. The summed E-state index contributed by atoms with van der Waals surface area (Å²) in [7, 11) is 0. The van der Waals surface area contributed by atoms with E-state index in [-0.39, 0.29) is 12.2 Å². The molecule has 108 valence electrons. The van der Waals surface area contributed by atoms with Crippen LogP contribution in [0.1, 0.15) is 18.1 Å². The van der Waals surface area contributed by atoms with Crippen LogP contribution in [-0.4, -0.2) is 17.5 Å². The van der Waals surface area contributed by atoms with Crippen LogP contribution < -0.4 is 0 Å². The van der Waals surface area contributed by atoms with Gasteiger partial charge in [-0.25, -0.2) is 8.78 Å². The quantitative estimate of drug-likeness (QED) is 0.914. The topological polar surface area (TPSA) is 29.5 Å². The predicted octanol–water partition coefficient (Wildman–Crippen LogP) is 3.61. The second-order valence-corrected chi connectivity index (χ2v) is 5.09. The van der Waals surface area contributed by atoms with Gasteiger partial charge >= 0.3 is 0 Å². The summed E-state index contributed by atoms with van der Waals surface area (Å²) in [6.07, 6.45) is 0. The van der Waals surface area contributed by atoms with Crippen molar-refractivity contribution >= 4 is 11.1 Å². The zero-order chi connectivity index (χ0) is 15.0. The number of aliphatic hydroxyl groups is 1. The van der Waals surface area contributed by atoms with E-state index in [0.717, 1.165) is 0 Å². The maximum absolute atomic E-state index is 14.0. The second kappa shape index (κ2) is 5.06. The third kappa shape index (κ3) is 2.37. The van der Waals surface area contributed by atoms with Gasteiger partial charge in [0.2, 0.25) is 0 Å². The van der Waals surface area contributed by atoms with Crippen molar-refractivity contribution in [1.29, 1.82) is 0 Å². The van der Waals surface area contributed by atoms with Crippen molar-refractivity contribution in [2.45, 2.75) is 12.7 Å². The summed E-state index contributed by atoms with van der Waals surface area (Å²) in [5.41, 5.74) is 1.26. The summed E-state index contributed by atoms with van der Waals surface area (Å²) in [4.78, 5) is 0. The number of ether oxygens (including phenoxy) is 1. The van der Waals surface area contributed by atoms with Crippen LogP contribution in [0.5, 0.6) is 0 Å². The SMILES string of the molecule is CC1(O)OCC(c2c(F)cccc2F)=C1c1ccccc1. The van der Waals surface area contributed by atoms with Crippen molar-refractivity contribution in [2.75, 3.05) is 6.61 Å². The standard InChI is InChI=1S/C17H14F2O2/c1-17(20)16(11-6-3-2-4-7-11)12(10-21-17)15-13(18)8-5-9-14(15)19/h2-9,20H,10H2,1H3. The molecular formula is C17H14F2O2. The number of hydrogen-bond acceptors (Lipinski definition) is 2. The van der Waals surface area contributed by atoms with Gasteiger partial charge in [0.15, 0.2) is 5.79 Å². The minimum Gasteiger partial charge on any atom is -0.362 e. The first-order valence-electron chi connectivity index (χ1n) is 6.60. The minimum atomic E-state index is -1.58. The summed E-state index contributed by atoms with van der Waals surface area (Å²) in [6, 6.07) is 12.7. The molecule has 0 radical (unpaired) electrons. The molecular weight excluding hydrogens is 274 g/mol. The zero-order valence-electron chi connectivity index (χ0n) is 11.4. The van der Waals surface area contributed by atoms with E-state index >= 15 is 0 Å². The monoisotopic (exact) mass is 288 g/mol. The van der Waals surface area contributed by atoms with Gasteiger partial charge in [-0.3, -0.25) is 0 Å². The summed E-state index contributed by atoms with van der Waals surface area (Å²) < 4.78 is 33.4. The summed E-state index contributed by atoms with van der Waals surface area (Å²) in [6.45, 7) is 1.43. The second-order valence-electron chi connectivity index (χ2n) is 5.09. The van der Waals surface area contributed by atoms with Crippen LogP contribution in [0.3, 0.4) is 0 Å². The van der Waals surface area contributed by atoms with Gasteiger partial charge in [0.25, 0.3) is 0 Å². The molecule has 0 aromatic heterocycles. The van der Waals surface area contributed by atoms with Gasteiger partial charge in [-0.05, 0) is 24.6 Å². The Bertz CT molecular complexity index is 686. The van der Waals surface area contributed by atoms with Crippen molar-refractivity contribution in [2.24, 2.45) is 0 Å². The fourth-order valence-corrected chi connectivity index (χ4v) is 2.67. The Kier molecular flexibility index (Phi) is 3.35. The maximum Gasteiger partial charge on any atom is 0.190 e. The highest BCUT2D eigenvalue weighted by Gasteiger charge is 2.38. The Morgan fingerprint density at radius 3 is 2.24 bits per heavy atom. The van der Waals surface area contributed by atoms with Crippen LogP contribution in [0.2, 0.25) is 0 Å². The molecule has 2 aromatic rings. The fraction of sp³-hybridized carbons (Fsp3) is 0.176. The molecule has 0 bridgehead atoms. The highest BCUT2D eigenvalue weighted by molar-refractivity contribution is 5.96. The first kappa shape index (κ1) is 13.9. The largest absolute Gasteiger partial charge is 0.362 e. The smallest absolute Gasteiger partial charge is 0.190 e. The first-order chi connectivity index (χ1) is 10.0. The molecule has 0 amide bonds. The molecule has 3 rings (SSSR count). The van der Waals surface area contributed by atoms with E-state index in [0.29, 0.717) is 16.7 Å². The Labute approximate surface area is 121 Å². The van der Waals surface area contributed by atoms with Crippen molar-refractivity contribution in [3.8, 4) is 0 Å².